The SMILES string of the molecule is CO/N=C(\CNC(=O)c1cccc(C)c1)C(CC=C(C)C)c1ccc(Cl)c(Cl)c1. The molecule has 0 radical (unpaired) electrons. The summed E-state index contributed by atoms with van der Waals surface area (Å²) in [6.45, 7) is 6.29. The van der Waals surface area contributed by atoms with Gasteiger partial charge in [-0.2, -0.15) is 0 Å². The number of oxime groups is 1. The van der Waals surface area contributed by atoms with Crippen LogP contribution in [0.5, 0.6) is 0 Å². The summed E-state index contributed by atoms with van der Waals surface area (Å²) < 4.78 is 0. The summed E-state index contributed by atoms with van der Waals surface area (Å²) in [5.41, 5.74) is 4.48. The number of nitrogens with zero attached hydrogens (tertiary/aromatic N) is 1. The van der Waals surface area contributed by atoms with Crippen molar-refractivity contribution in [2.75, 3.05) is 13.7 Å². The summed E-state index contributed by atoms with van der Waals surface area (Å²) in [6, 6.07) is 13.0. The van der Waals surface area contributed by atoms with E-state index < -0.39 is 0 Å². The lowest BCUT2D eigenvalue weighted by molar-refractivity contribution is 0.0958. The van der Waals surface area contributed by atoms with E-state index in [2.05, 4.69) is 16.5 Å². The van der Waals surface area contributed by atoms with Crippen LogP contribution in [0.15, 0.2) is 59.3 Å². The van der Waals surface area contributed by atoms with Gasteiger partial charge in [0.25, 0.3) is 5.91 Å². The average Bonchev–Trinajstić information content (AvgIpc) is 2.68. The monoisotopic (exact) mass is 432 g/mol. The summed E-state index contributed by atoms with van der Waals surface area (Å²) in [5, 5.41) is 8.13. The van der Waals surface area contributed by atoms with Crippen molar-refractivity contribution < 1.29 is 9.63 Å². The molecule has 0 fully saturated rings. The molecular formula is C23H26Cl2N2O2. The standard InChI is InChI=1S/C23H26Cl2N2O2/c1-15(2)8-10-19(17-9-11-20(24)21(25)13-17)22(27-29-4)14-26-23(28)18-7-5-6-16(3)12-18/h5-9,11-13,19H,10,14H2,1-4H3,(H,26,28)/b27-22+. The number of halogens is 2. The summed E-state index contributed by atoms with van der Waals surface area (Å²) in [4.78, 5) is 17.7. The Bertz CT molecular complexity index is 919. The second-order valence-electron chi connectivity index (χ2n) is 7.06. The fourth-order valence-electron chi connectivity index (χ4n) is 2.94. The number of nitrogens with one attached hydrogen (secondary N) is 1. The zero-order valence-electron chi connectivity index (χ0n) is 17.1. The number of carbonyl (C=O) groups is 1. The van der Waals surface area contributed by atoms with Crippen LogP contribution in [0.25, 0.3) is 0 Å². The average molecular weight is 433 g/mol. The van der Waals surface area contributed by atoms with Crippen molar-refractivity contribution in [2.45, 2.75) is 33.1 Å². The summed E-state index contributed by atoms with van der Waals surface area (Å²) in [5.74, 6) is -0.273. The first kappa shape index (κ1) is 23.0. The van der Waals surface area contributed by atoms with E-state index in [4.69, 9.17) is 28.0 Å². The number of rotatable bonds is 8. The van der Waals surface area contributed by atoms with Crippen molar-refractivity contribution in [1.82, 2.24) is 5.32 Å². The van der Waals surface area contributed by atoms with Gasteiger partial charge in [0, 0.05) is 11.5 Å². The van der Waals surface area contributed by atoms with Gasteiger partial charge in [-0.3, -0.25) is 4.79 Å². The van der Waals surface area contributed by atoms with Crippen molar-refractivity contribution in [3.05, 3.63) is 80.8 Å². The van der Waals surface area contributed by atoms with Crippen LogP contribution in [0.1, 0.15) is 47.7 Å². The second-order valence-corrected chi connectivity index (χ2v) is 7.88. The zero-order valence-corrected chi connectivity index (χ0v) is 18.6. The van der Waals surface area contributed by atoms with Crippen molar-refractivity contribution in [3.63, 3.8) is 0 Å². The molecule has 1 N–H and O–H groups in total. The minimum Gasteiger partial charge on any atom is -0.399 e. The quantitative estimate of drug-likeness (QED) is 0.307. The van der Waals surface area contributed by atoms with Gasteiger partial charge in [0.2, 0.25) is 0 Å². The third kappa shape index (κ3) is 6.91. The number of hydrogen-bond acceptors (Lipinski definition) is 3. The number of allylic oxidation sites excluding steroid dienone is 2. The van der Waals surface area contributed by atoms with Crippen molar-refractivity contribution in [1.29, 1.82) is 0 Å². The largest absolute Gasteiger partial charge is 0.399 e. The zero-order chi connectivity index (χ0) is 21.4. The molecule has 2 rings (SSSR count). The van der Waals surface area contributed by atoms with Crippen LogP contribution in [0.4, 0.5) is 0 Å². The lowest BCUT2D eigenvalue weighted by Gasteiger charge is -2.19. The van der Waals surface area contributed by atoms with Crippen molar-refractivity contribution >= 4 is 34.8 Å². The van der Waals surface area contributed by atoms with Crippen LogP contribution in [0.2, 0.25) is 10.0 Å². The minimum absolute atomic E-state index is 0.113. The van der Waals surface area contributed by atoms with E-state index in [-0.39, 0.29) is 18.4 Å². The molecule has 0 aromatic heterocycles. The fourth-order valence-corrected chi connectivity index (χ4v) is 3.25. The Hall–Kier alpha value is -2.30. The summed E-state index contributed by atoms with van der Waals surface area (Å²) in [6.07, 6.45) is 2.82. The van der Waals surface area contributed by atoms with E-state index in [1.165, 1.54) is 12.7 Å². The number of hydrogen-bond donors (Lipinski definition) is 1. The van der Waals surface area contributed by atoms with E-state index in [0.717, 1.165) is 11.1 Å². The highest BCUT2D eigenvalue weighted by molar-refractivity contribution is 6.42. The normalized spacial score (nSPS) is 12.3. The Balaban J connectivity index is 2.28. The Morgan fingerprint density at radius 2 is 1.93 bits per heavy atom. The molecule has 1 amide bonds. The molecule has 2 aromatic carbocycles. The highest BCUT2D eigenvalue weighted by Crippen LogP contribution is 2.30. The van der Waals surface area contributed by atoms with Gasteiger partial charge in [-0.05, 0) is 57.0 Å². The lowest BCUT2D eigenvalue weighted by Crippen LogP contribution is -2.32. The highest BCUT2D eigenvalue weighted by Gasteiger charge is 2.20. The molecule has 0 spiro atoms. The van der Waals surface area contributed by atoms with Crippen LogP contribution < -0.4 is 5.32 Å². The molecule has 0 aliphatic rings. The third-order valence-electron chi connectivity index (χ3n) is 4.43. The lowest BCUT2D eigenvalue weighted by atomic mass is 9.90. The van der Waals surface area contributed by atoms with Crippen LogP contribution >= 0.6 is 23.2 Å². The number of benzene rings is 2. The van der Waals surface area contributed by atoms with Gasteiger partial charge in [-0.15, -0.1) is 0 Å². The van der Waals surface area contributed by atoms with Crippen molar-refractivity contribution in [3.8, 4) is 0 Å². The Morgan fingerprint density at radius 3 is 2.55 bits per heavy atom. The molecule has 0 bridgehead atoms. The first-order valence-electron chi connectivity index (χ1n) is 9.35. The molecule has 0 aliphatic carbocycles. The summed E-state index contributed by atoms with van der Waals surface area (Å²) in [7, 11) is 1.50. The van der Waals surface area contributed by atoms with E-state index in [0.29, 0.717) is 27.7 Å². The molecule has 29 heavy (non-hydrogen) atoms. The van der Waals surface area contributed by atoms with Crippen LogP contribution in [0.3, 0.4) is 0 Å². The smallest absolute Gasteiger partial charge is 0.251 e. The molecule has 1 atom stereocenters. The number of carbonyl (C=O) groups excluding carboxylic acids is 1. The Morgan fingerprint density at radius 1 is 1.17 bits per heavy atom. The van der Waals surface area contributed by atoms with Gasteiger partial charge in [0.1, 0.15) is 7.11 Å². The van der Waals surface area contributed by atoms with Gasteiger partial charge >= 0.3 is 0 Å². The van der Waals surface area contributed by atoms with Crippen LogP contribution in [-0.2, 0) is 4.84 Å². The molecule has 1 unspecified atom stereocenters. The molecule has 0 aliphatic heterocycles. The predicted molar refractivity (Wildman–Crippen MR) is 121 cm³/mol. The maximum Gasteiger partial charge on any atom is 0.251 e. The van der Waals surface area contributed by atoms with Gasteiger partial charge < -0.3 is 10.2 Å². The molecule has 6 heteroatoms. The van der Waals surface area contributed by atoms with Gasteiger partial charge in [0.15, 0.2) is 0 Å². The molecule has 0 saturated heterocycles. The molecule has 2 aromatic rings. The summed E-state index contributed by atoms with van der Waals surface area (Å²) >= 11 is 12.3. The maximum atomic E-state index is 12.6. The fraction of sp³-hybridized carbons (Fsp3) is 0.304. The highest BCUT2D eigenvalue weighted by atomic mass is 35.5. The molecule has 0 heterocycles. The first-order valence-corrected chi connectivity index (χ1v) is 10.1. The maximum absolute atomic E-state index is 12.6. The minimum atomic E-state index is -0.160. The van der Waals surface area contributed by atoms with E-state index >= 15 is 0 Å². The van der Waals surface area contributed by atoms with Gasteiger partial charge in [0.05, 0.1) is 22.3 Å². The molecular weight excluding hydrogens is 407 g/mol. The number of amides is 1. The van der Waals surface area contributed by atoms with Crippen LogP contribution in [-0.4, -0.2) is 25.3 Å². The van der Waals surface area contributed by atoms with E-state index in [1.807, 2.05) is 51.1 Å². The molecule has 0 saturated carbocycles. The van der Waals surface area contributed by atoms with E-state index in [9.17, 15) is 4.79 Å². The van der Waals surface area contributed by atoms with Gasteiger partial charge in [-0.1, -0.05) is 63.8 Å². The Kier molecular flexibility index (Phi) is 8.74. The van der Waals surface area contributed by atoms with Crippen molar-refractivity contribution in [2.24, 2.45) is 5.16 Å². The third-order valence-corrected chi connectivity index (χ3v) is 5.17. The predicted octanol–water partition coefficient (Wildman–Crippen LogP) is 6.17. The second kappa shape index (κ2) is 11.0. The van der Waals surface area contributed by atoms with E-state index in [1.54, 1.807) is 12.1 Å². The number of aryl methyl sites for hydroxylation is 1. The molecule has 4 nitrogen and oxygen atoms in total. The molecule has 154 valence electrons. The van der Waals surface area contributed by atoms with Gasteiger partial charge in [-0.25, -0.2) is 0 Å². The van der Waals surface area contributed by atoms with Crippen LogP contribution in [0, 0.1) is 6.92 Å². The topological polar surface area (TPSA) is 50.7 Å². The Labute approximate surface area is 182 Å². The first-order chi connectivity index (χ1) is 13.8.